The van der Waals surface area contributed by atoms with Gasteiger partial charge >= 0.3 is 0 Å². The molecule has 0 fully saturated rings. The Morgan fingerprint density at radius 1 is 1.29 bits per heavy atom. The van der Waals surface area contributed by atoms with Gasteiger partial charge < -0.3 is 14.8 Å². The molecule has 1 N–H and O–H groups in total. The molecule has 94 valence electrons. The number of benzene rings is 1. The second-order valence-electron chi connectivity index (χ2n) is 3.19. The van der Waals surface area contributed by atoms with Crippen molar-refractivity contribution in [1.82, 2.24) is 0 Å². The fraction of sp³-hybridized carbons (Fsp3) is 0.364. The highest BCUT2D eigenvalue weighted by Gasteiger charge is 2.08. The van der Waals surface area contributed by atoms with E-state index in [1.807, 2.05) is 18.2 Å². The monoisotopic (exact) mass is 365 g/mol. The molecule has 6 heteroatoms. The quantitative estimate of drug-likeness (QED) is 0.787. The summed E-state index contributed by atoms with van der Waals surface area (Å²) in [5.74, 6) is -0.200. The molecule has 0 spiro atoms. The zero-order valence-corrected chi connectivity index (χ0v) is 12.5. The number of amides is 1. The molecule has 1 aromatic rings. The highest BCUT2D eigenvalue weighted by Crippen LogP contribution is 2.30. The lowest BCUT2D eigenvalue weighted by Crippen LogP contribution is -2.20. The number of hydrogen-bond donors (Lipinski definition) is 1. The minimum atomic E-state index is -0.200. The van der Waals surface area contributed by atoms with E-state index < -0.39 is 0 Å². The molecule has 0 heterocycles. The molecule has 1 amide bonds. The zero-order valence-electron chi connectivity index (χ0n) is 9.33. The van der Waals surface area contributed by atoms with Crippen LogP contribution in [0.1, 0.15) is 0 Å². The molecule has 0 aliphatic rings. The van der Waals surface area contributed by atoms with E-state index in [4.69, 9.17) is 9.47 Å². The number of carbonyl (C=O) groups excluding carboxylic acids is 1. The van der Waals surface area contributed by atoms with Gasteiger partial charge in [0.05, 0.1) is 18.9 Å². The van der Waals surface area contributed by atoms with Gasteiger partial charge in [0.1, 0.15) is 6.61 Å². The summed E-state index contributed by atoms with van der Waals surface area (Å²) in [4.78, 5) is 11.6. The Balaban J connectivity index is 2.45. The van der Waals surface area contributed by atoms with E-state index >= 15 is 0 Å². The highest BCUT2D eigenvalue weighted by molar-refractivity contribution is 9.11. The number of ether oxygens (including phenoxy) is 2. The smallest absolute Gasteiger partial charge is 0.250 e. The second kappa shape index (κ2) is 7.81. The summed E-state index contributed by atoms with van der Waals surface area (Å²) in [6.45, 7) is 0.893. The van der Waals surface area contributed by atoms with Crippen molar-refractivity contribution in [2.45, 2.75) is 0 Å². The van der Waals surface area contributed by atoms with Gasteiger partial charge in [0.25, 0.3) is 0 Å². The molecule has 1 aromatic carbocycles. The topological polar surface area (TPSA) is 47.6 Å². The lowest BCUT2D eigenvalue weighted by molar-refractivity contribution is -0.121. The first-order valence-corrected chi connectivity index (χ1v) is 6.54. The minimum absolute atomic E-state index is 0.0110. The van der Waals surface area contributed by atoms with Crippen molar-refractivity contribution in [3.8, 4) is 0 Å². The number of para-hydroxylation sites is 1. The first-order valence-electron chi connectivity index (χ1n) is 4.95. The van der Waals surface area contributed by atoms with Gasteiger partial charge in [-0.05, 0) is 44.0 Å². The standard InChI is InChI=1S/C11H13Br2NO3/c1-16-5-6-17-7-10(15)14-11-8(12)3-2-4-9(11)13/h2-4H,5-7H2,1H3,(H,14,15). The van der Waals surface area contributed by atoms with Crippen LogP contribution in [0.4, 0.5) is 5.69 Å². The maximum atomic E-state index is 11.6. The largest absolute Gasteiger partial charge is 0.382 e. The van der Waals surface area contributed by atoms with Gasteiger partial charge in [-0.1, -0.05) is 6.07 Å². The van der Waals surface area contributed by atoms with Crippen LogP contribution >= 0.6 is 31.9 Å². The molecule has 4 nitrogen and oxygen atoms in total. The van der Waals surface area contributed by atoms with Crippen LogP contribution in [0.15, 0.2) is 27.1 Å². The molecule has 0 saturated heterocycles. The van der Waals surface area contributed by atoms with Gasteiger partial charge in [-0.25, -0.2) is 0 Å². The highest BCUT2D eigenvalue weighted by atomic mass is 79.9. The Kier molecular flexibility index (Phi) is 6.72. The summed E-state index contributed by atoms with van der Waals surface area (Å²) in [5.41, 5.74) is 0.702. The number of carbonyl (C=O) groups is 1. The fourth-order valence-corrected chi connectivity index (χ4v) is 2.30. The Morgan fingerprint density at radius 3 is 2.53 bits per heavy atom. The van der Waals surface area contributed by atoms with E-state index in [1.165, 1.54) is 0 Å². The predicted molar refractivity (Wildman–Crippen MR) is 73.2 cm³/mol. The average Bonchev–Trinajstić information content (AvgIpc) is 2.30. The molecule has 0 saturated carbocycles. The van der Waals surface area contributed by atoms with Crippen LogP contribution in [0.25, 0.3) is 0 Å². The summed E-state index contributed by atoms with van der Waals surface area (Å²) in [6, 6.07) is 5.58. The molecule has 0 bridgehead atoms. The lowest BCUT2D eigenvalue weighted by atomic mass is 10.3. The number of methoxy groups -OCH3 is 1. The van der Waals surface area contributed by atoms with Crippen molar-refractivity contribution in [3.05, 3.63) is 27.1 Å². The maximum Gasteiger partial charge on any atom is 0.250 e. The SMILES string of the molecule is COCCOCC(=O)Nc1c(Br)cccc1Br. The van der Waals surface area contributed by atoms with E-state index in [2.05, 4.69) is 37.2 Å². The van der Waals surface area contributed by atoms with Gasteiger partial charge in [0, 0.05) is 16.1 Å². The van der Waals surface area contributed by atoms with Crippen molar-refractivity contribution in [1.29, 1.82) is 0 Å². The summed E-state index contributed by atoms with van der Waals surface area (Å²) >= 11 is 6.73. The third-order valence-electron chi connectivity index (χ3n) is 1.89. The molecule has 0 atom stereocenters. The van der Waals surface area contributed by atoms with Crippen LogP contribution in [0, 0.1) is 0 Å². The molecule has 17 heavy (non-hydrogen) atoms. The Morgan fingerprint density at radius 2 is 1.94 bits per heavy atom. The lowest BCUT2D eigenvalue weighted by Gasteiger charge is -2.09. The molecule has 0 aliphatic carbocycles. The van der Waals surface area contributed by atoms with E-state index in [0.29, 0.717) is 18.9 Å². The third kappa shape index (κ3) is 5.16. The van der Waals surface area contributed by atoms with Crippen LogP contribution in [-0.2, 0) is 14.3 Å². The average molecular weight is 367 g/mol. The van der Waals surface area contributed by atoms with Crippen LogP contribution < -0.4 is 5.32 Å². The molecular formula is C11H13Br2NO3. The number of anilines is 1. The Bertz CT molecular complexity index is 365. The third-order valence-corrected chi connectivity index (χ3v) is 3.21. The fourth-order valence-electron chi connectivity index (χ4n) is 1.10. The Labute approximate surface area is 117 Å². The van der Waals surface area contributed by atoms with Crippen molar-refractivity contribution in [2.75, 3.05) is 32.2 Å². The zero-order chi connectivity index (χ0) is 12.7. The number of nitrogens with one attached hydrogen (secondary N) is 1. The summed E-state index contributed by atoms with van der Waals surface area (Å²) in [6.07, 6.45) is 0. The molecule has 0 aliphatic heterocycles. The van der Waals surface area contributed by atoms with Crippen LogP contribution in [0.5, 0.6) is 0 Å². The number of hydrogen-bond acceptors (Lipinski definition) is 3. The Hall–Kier alpha value is -0.430. The summed E-state index contributed by atoms with van der Waals surface area (Å²) in [5, 5.41) is 2.76. The van der Waals surface area contributed by atoms with E-state index in [0.717, 1.165) is 8.95 Å². The summed E-state index contributed by atoms with van der Waals surface area (Å²) < 4.78 is 11.6. The van der Waals surface area contributed by atoms with Crippen molar-refractivity contribution in [2.24, 2.45) is 0 Å². The van der Waals surface area contributed by atoms with Gasteiger partial charge in [-0.3, -0.25) is 4.79 Å². The van der Waals surface area contributed by atoms with Crippen LogP contribution in [-0.4, -0.2) is 32.8 Å². The molecule has 0 aromatic heterocycles. The van der Waals surface area contributed by atoms with E-state index in [9.17, 15) is 4.79 Å². The molecule has 0 unspecified atom stereocenters. The van der Waals surface area contributed by atoms with Crippen molar-refractivity contribution >= 4 is 43.5 Å². The number of rotatable bonds is 6. The van der Waals surface area contributed by atoms with Gasteiger partial charge in [-0.2, -0.15) is 0 Å². The second-order valence-corrected chi connectivity index (χ2v) is 4.90. The predicted octanol–water partition coefficient (Wildman–Crippen LogP) is 2.81. The molecule has 0 radical (unpaired) electrons. The number of halogens is 2. The van der Waals surface area contributed by atoms with Crippen LogP contribution in [0.3, 0.4) is 0 Å². The summed E-state index contributed by atoms with van der Waals surface area (Å²) in [7, 11) is 1.58. The van der Waals surface area contributed by atoms with Gasteiger partial charge in [0.2, 0.25) is 5.91 Å². The van der Waals surface area contributed by atoms with Crippen molar-refractivity contribution < 1.29 is 14.3 Å². The molecular weight excluding hydrogens is 354 g/mol. The first-order chi connectivity index (χ1) is 8.15. The first kappa shape index (κ1) is 14.6. The van der Waals surface area contributed by atoms with Gasteiger partial charge in [0.15, 0.2) is 0 Å². The van der Waals surface area contributed by atoms with Gasteiger partial charge in [-0.15, -0.1) is 0 Å². The van der Waals surface area contributed by atoms with E-state index in [1.54, 1.807) is 7.11 Å². The van der Waals surface area contributed by atoms with Crippen LogP contribution in [0.2, 0.25) is 0 Å². The normalized spacial score (nSPS) is 10.3. The maximum absolute atomic E-state index is 11.6. The van der Waals surface area contributed by atoms with Crippen molar-refractivity contribution in [3.63, 3.8) is 0 Å². The van der Waals surface area contributed by atoms with E-state index in [-0.39, 0.29) is 12.5 Å². The molecule has 1 rings (SSSR count). The minimum Gasteiger partial charge on any atom is -0.382 e.